The van der Waals surface area contributed by atoms with Crippen molar-refractivity contribution in [3.8, 4) is 0 Å². The number of piperidine rings is 1. The lowest BCUT2D eigenvalue weighted by atomic mass is 9.93. The van der Waals surface area contributed by atoms with Crippen LogP contribution in [0, 0.1) is 12.8 Å². The Labute approximate surface area is 163 Å². The van der Waals surface area contributed by atoms with E-state index in [0.717, 1.165) is 38.0 Å². The normalized spacial score (nSPS) is 14.6. The molecule has 1 aromatic carbocycles. The molecule has 26 heavy (non-hydrogen) atoms. The summed E-state index contributed by atoms with van der Waals surface area (Å²) in [7, 11) is 1.97. The third-order valence-electron chi connectivity index (χ3n) is 4.97. The second-order valence-electron chi connectivity index (χ2n) is 6.98. The molecule has 0 aliphatic carbocycles. The number of likely N-dealkylation sites (tertiary alicyclic amines) is 1. The maximum Gasteiger partial charge on any atom is 0.241 e. The van der Waals surface area contributed by atoms with Crippen LogP contribution < -0.4 is 10.6 Å². The fourth-order valence-corrected chi connectivity index (χ4v) is 3.21. The Morgan fingerprint density at radius 1 is 1.15 bits per heavy atom. The number of carbonyl (C=O) groups is 2. The fourth-order valence-electron chi connectivity index (χ4n) is 3.21. The number of hydrogen-bond acceptors (Lipinski definition) is 3. The summed E-state index contributed by atoms with van der Waals surface area (Å²) in [6, 6.07) is 8.20. The van der Waals surface area contributed by atoms with Crippen LogP contribution in [0.25, 0.3) is 0 Å². The van der Waals surface area contributed by atoms with Crippen molar-refractivity contribution in [3.63, 3.8) is 0 Å². The standard InChI is InChI=1S/C20H31N3O2.ClH/c1-16-3-5-17(6-4-16)7-8-19(24)22-15-20(25)23-13-10-18(11-14-23)9-12-21-2;/h3-6,18,21H,7-15H2,1-2H3,(H,22,24);1H. The van der Waals surface area contributed by atoms with Crippen LogP contribution in [0.15, 0.2) is 24.3 Å². The minimum Gasteiger partial charge on any atom is -0.347 e. The predicted molar refractivity (Wildman–Crippen MR) is 108 cm³/mol. The zero-order valence-electron chi connectivity index (χ0n) is 15.9. The first kappa shape index (κ1) is 22.5. The minimum absolute atomic E-state index is 0. The average molecular weight is 382 g/mol. The molecule has 1 aromatic rings. The van der Waals surface area contributed by atoms with E-state index in [1.54, 1.807) is 0 Å². The number of rotatable bonds is 8. The summed E-state index contributed by atoms with van der Waals surface area (Å²) in [5, 5.41) is 5.95. The van der Waals surface area contributed by atoms with Crippen LogP contribution in [0.3, 0.4) is 0 Å². The molecule has 0 spiro atoms. The summed E-state index contributed by atoms with van der Waals surface area (Å²) >= 11 is 0. The Bertz CT molecular complexity index is 555. The highest BCUT2D eigenvalue weighted by molar-refractivity contribution is 5.85. The Kier molecular flexibility index (Phi) is 10.3. The van der Waals surface area contributed by atoms with E-state index < -0.39 is 0 Å². The molecule has 146 valence electrons. The van der Waals surface area contributed by atoms with Crippen LogP contribution in [-0.2, 0) is 16.0 Å². The highest BCUT2D eigenvalue weighted by atomic mass is 35.5. The second-order valence-corrected chi connectivity index (χ2v) is 6.98. The number of amides is 2. The summed E-state index contributed by atoms with van der Waals surface area (Å²) in [5.74, 6) is 0.689. The van der Waals surface area contributed by atoms with Crippen LogP contribution in [0.5, 0.6) is 0 Å². The number of halogens is 1. The SMILES string of the molecule is CNCCC1CCN(C(=O)CNC(=O)CCc2ccc(C)cc2)CC1.Cl. The molecule has 2 rings (SSSR count). The van der Waals surface area contributed by atoms with Gasteiger partial charge >= 0.3 is 0 Å². The first-order chi connectivity index (χ1) is 12.1. The van der Waals surface area contributed by atoms with Gasteiger partial charge in [-0.15, -0.1) is 12.4 Å². The van der Waals surface area contributed by atoms with Crippen molar-refractivity contribution in [2.24, 2.45) is 5.92 Å². The van der Waals surface area contributed by atoms with E-state index in [-0.39, 0.29) is 30.8 Å². The van der Waals surface area contributed by atoms with E-state index in [0.29, 0.717) is 18.8 Å². The first-order valence-electron chi connectivity index (χ1n) is 9.33. The third kappa shape index (κ3) is 7.75. The molecule has 0 atom stereocenters. The quantitative estimate of drug-likeness (QED) is 0.726. The van der Waals surface area contributed by atoms with Gasteiger partial charge in [-0.3, -0.25) is 9.59 Å². The van der Waals surface area contributed by atoms with E-state index in [9.17, 15) is 9.59 Å². The Hall–Kier alpha value is -1.59. The highest BCUT2D eigenvalue weighted by Crippen LogP contribution is 2.19. The van der Waals surface area contributed by atoms with Gasteiger partial charge in [-0.25, -0.2) is 0 Å². The van der Waals surface area contributed by atoms with Gasteiger partial charge in [0.05, 0.1) is 6.54 Å². The predicted octanol–water partition coefficient (Wildman–Crippen LogP) is 2.31. The van der Waals surface area contributed by atoms with Crippen molar-refractivity contribution >= 4 is 24.2 Å². The van der Waals surface area contributed by atoms with Gasteiger partial charge < -0.3 is 15.5 Å². The van der Waals surface area contributed by atoms with Crippen molar-refractivity contribution in [2.45, 2.75) is 39.0 Å². The highest BCUT2D eigenvalue weighted by Gasteiger charge is 2.22. The molecule has 2 amide bonds. The summed E-state index contributed by atoms with van der Waals surface area (Å²) in [4.78, 5) is 26.1. The minimum atomic E-state index is -0.0576. The number of benzene rings is 1. The summed E-state index contributed by atoms with van der Waals surface area (Å²) in [6.45, 7) is 4.83. The van der Waals surface area contributed by atoms with E-state index in [1.165, 1.54) is 12.0 Å². The van der Waals surface area contributed by atoms with E-state index >= 15 is 0 Å². The number of hydrogen-bond donors (Lipinski definition) is 2. The Morgan fingerprint density at radius 3 is 2.42 bits per heavy atom. The summed E-state index contributed by atoms with van der Waals surface area (Å²) < 4.78 is 0. The molecule has 1 fully saturated rings. The van der Waals surface area contributed by atoms with Crippen LogP contribution in [0.2, 0.25) is 0 Å². The van der Waals surface area contributed by atoms with Gasteiger partial charge in [0.15, 0.2) is 0 Å². The number of nitrogens with one attached hydrogen (secondary N) is 2. The first-order valence-corrected chi connectivity index (χ1v) is 9.33. The van der Waals surface area contributed by atoms with Crippen molar-refractivity contribution in [2.75, 3.05) is 33.2 Å². The summed E-state index contributed by atoms with van der Waals surface area (Å²) in [5.41, 5.74) is 2.37. The zero-order chi connectivity index (χ0) is 18.1. The van der Waals surface area contributed by atoms with Gasteiger partial charge in [-0.05, 0) is 57.7 Å². The van der Waals surface area contributed by atoms with Crippen LogP contribution in [0.4, 0.5) is 0 Å². The van der Waals surface area contributed by atoms with Crippen LogP contribution in [-0.4, -0.2) is 49.9 Å². The van der Waals surface area contributed by atoms with Crippen LogP contribution >= 0.6 is 12.4 Å². The molecule has 0 aromatic heterocycles. The molecule has 5 nitrogen and oxygen atoms in total. The van der Waals surface area contributed by atoms with Crippen molar-refractivity contribution < 1.29 is 9.59 Å². The summed E-state index contributed by atoms with van der Waals surface area (Å²) in [6.07, 6.45) is 4.43. The molecular formula is C20H32ClN3O2. The smallest absolute Gasteiger partial charge is 0.241 e. The van der Waals surface area contributed by atoms with Gasteiger partial charge in [0.25, 0.3) is 0 Å². The maximum atomic E-state index is 12.2. The maximum absolute atomic E-state index is 12.2. The Morgan fingerprint density at radius 2 is 1.81 bits per heavy atom. The van der Waals surface area contributed by atoms with Crippen molar-refractivity contribution in [1.82, 2.24) is 15.5 Å². The zero-order valence-corrected chi connectivity index (χ0v) is 16.7. The molecular weight excluding hydrogens is 350 g/mol. The lowest BCUT2D eigenvalue weighted by Crippen LogP contribution is -2.44. The number of carbonyl (C=O) groups excluding carboxylic acids is 2. The van der Waals surface area contributed by atoms with Crippen LogP contribution in [0.1, 0.15) is 36.8 Å². The third-order valence-corrected chi connectivity index (χ3v) is 4.97. The molecule has 1 aliphatic heterocycles. The molecule has 1 aliphatic rings. The molecule has 1 heterocycles. The molecule has 0 radical (unpaired) electrons. The molecule has 1 saturated heterocycles. The van der Waals surface area contributed by atoms with Gasteiger partial charge in [0.1, 0.15) is 0 Å². The van der Waals surface area contributed by atoms with Gasteiger partial charge in [0, 0.05) is 19.5 Å². The monoisotopic (exact) mass is 381 g/mol. The lowest BCUT2D eigenvalue weighted by Gasteiger charge is -2.32. The van der Waals surface area contributed by atoms with E-state index in [1.807, 2.05) is 31.0 Å². The second kappa shape index (κ2) is 11.9. The lowest BCUT2D eigenvalue weighted by molar-refractivity contribution is -0.134. The van der Waals surface area contributed by atoms with Gasteiger partial charge in [0.2, 0.25) is 11.8 Å². The molecule has 0 bridgehead atoms. The fraction of sp³-hybridized carbons (Fsp3) is 0.600. The molecule has 0 unspecified atom stereocenters. The number of aryl methyl sites for hydroxylation is 2. The molecule has 0 saturated carbocycles. The number of nitrogens with zero attached hydrogens (tertiary/aromatic N) is 1. The molecule has 2 N–H and O–H groups in total. The largest absolute Gasteiger partial charge is 0.347 e. The Balaban J connectivity index is 0.00000338. The van der Waals surface area contributed by atoms with Crippen molar-refractivity contribution in [3.05, 3.63) is 35.4 Å². The van der Waals surface area contributed by atoms with Gasteiger partial charge in [-0.2, -0.15) is 0 Å². The average Bonchev–Trinajstić information content (AvgIpc) is 2.64. The van der Waals surface area contributed by atoms with Crippen molar-refractivity contribution in [1.29, 1.82) is 0 Å². The molecule has 6 heteroatoms. The van der Waals surface area contributed by atoms with E-state index in [2.05, 4.69) is 22.8 Å². The van der Waals surface area contributed by atoms with E-state index in [4.69, 9.17) is 0 Å². The topological polar surface area (TPSA) is 61.4 Å². The van der Waals surface area contributed by atoms with Gasteiger partial charge in [-0.1, -0.05) is 29.8 Å².